The first-order valence-corrected chi connectivity index (χ1v) is 5.12. The van der Waals surface area contributed by atoms with Gasteiger partial charge < -0.3 is 15.8 Å². The maximum atomic E-state index is 11.9. The SMILES string of the molecule is COc1ccc(CNCCC(F)(F)F)c(N)c1. The van der Waals surface area contributed by atoms with E-state index in [0.29, 0.717) is 18.0 Å². The molecule has 3 N–H and O–H groups in total. The van der Waals surface area contributed by atoms with Gasteiger partial charge >= 0.3 is 6.18 Å². The Kier molecular flexibility index (Phi) is 4.62. The van der Waals surface area contributed by atoms with E-state index >= 15 is 0 Å². The highest BCUT2D eigenvalue weighted by Crippen LogP contribution is 2.20. The maximum Gasteiger partial charge on any atom is 0.390 e. The Morgan fingerprint density at radius 1 is 1.35 bits per heavy atom. The lowest BCUT2D eigenvalue weighted by Gasteiger charge is -2.10. The molecule has 0 aliphatic carbocycles. The number of methoxy groups -OCH3 is 1. The quantitative estimate of drug-likeness (QED) is 0.621. The second-order valence-electron chi connectivity index (χ2n) is 3.61. The smallest absolute Gasteiger partial charge is 0.390 e. The normalized spacial score (nSPS) is 11.5. The topological polar surface area (TPSA) is 47.3 Å². The van der Waals surface area contributed by atoms with Gasteiger partial charge in [-0.05, 0) is 11.6 Å². The number of halogens is 3. The summed E-state index contributed by atoms with van der Waals surface area (Å²) in [6.45, 7) is 0.195. The van der Waals surface area contributed by atoms with Gasteiger partial charge in [-0.3, -0.25) is 0 Å². The number of benzene rings is 1. The molecular weight excluding hydrogens is 233 g/mol. The van der Waals surface area contributed by atoms with E-state index in [9.17, 15) is 13.2 Å². The summed E-state index contributed by atoms with van der Waals surface area (Å²) in [5, 5.41) is 2.70. The summed E-state index contributed by atoms with van der Waals surface area (Å²) in [4.78, 5) is 0. The number of rotatable bonds is 5. The van der Waals surface area contributed by atoms with Crippen molar-refractivity contribution in [3.8, 4) is 5.75 Å². The number of anilines is 1. The molecule has 0 bridgehead atoms. The Hall–Kier alpha value is -1.43. The summed E-state index contributed by atoms with van der Waals surface area (Å²) in [6, 6.07) is 5.09. The van der Waals surface area contributed by atoms with Crippen LogP contribution in [-0.2, 0) is 6.54 Å². The average Bonchev–Trinajstić information content (AvgIpc) is 2.24. The van der Waals surface area contributed by atoms with Gasteiger partial charge in [0, 0.05) is 24.8 Å². The van der Waals surface area contributed by atoms with Crippen molar-refractivity contribution >= 4 is 5.69 Å². The summed E-state index contributed by atoms with van der Waals surface area (Å²) >= 11 is 0. The monoisotopic (exact) mass is 248 g/mol. The fourth-order valence-corrected chi connectivity index (χ4v) is 1.31. The highest BCUT2D eigenvalue weighted by atomic mass is 19.4. The number of alkyl halides is 3. The van der Waals surface area contributed by atoms with Crippen molar-refractivity contribution in [1.29, 1.82) is 0 Å². The fourth-order valence-electron chi connectivity index (χ4n) is 1.31. The van der Waals surface area contributed by atoms with Crippen LogP contribution in [0.4, 0.5) is 18.9 Å². The minimum absolute atomic E-state index is 0.116. The van der Waals surface area contributed by atoms with E-state index in [-0.39, 0.29) is 6.54 Å². The molecule has 0 saturated carbocycles. The van der Waals surface area contributed by atoms with Gasteiger partial charge in [0.1, 0.15) is 5.75 Å². The molecule has 0 atom stereocenters. The van der Waals surface area contributed by atoms with Crippen LogP contribution in [0.25, 0.3) is 0 Å². The third-order valence-corrected chi connectivity index (χ3v) is 2.25. The molecule has 0 aromatic heterocycles. The van der Waals surface area contributed by atoms with Gasteiger partial charge in [-0.25, -0.2) is 0 Å². The first kappa shape index (κ1) is 13.6. The van der Waals surface area contributed by atoms with E-state index < -0.39 is 12.6 Å². The molecule has 0 spiro atoms. The molecule has 0 aliphatic rings. The van der Waals surface area contributed by atoms with Gasteiger partial charge in [0.05, 0.1) is 13.5 Å². The Bertz CT molecular complexity index is 366. The van der Waals surface area contributed by atoms with Crippen LogP contribution in [0.2, 0.25) is 0 Å². The van der Waals surface area contributed by atoms with Crippen LogP contribution in [0.1, 0.15) is 12.0 Å². The Balaban J connectivity index is 2.42. The number of nitrogens with two attached hydrogens (primary N) is 1. The minimum Gasteiger partial charge on any atom is -0.497 e. The molecule has 3 nitrogen and oxygen atoms in total. The second-order valence-corrected chi connectivity index (χ2v) is 3.61. The molecule has 1 aromatic rings. The van der Waals surface area contributed by atoms with Crippen molar-refractivity contribution in [1.82, 2.24) is 5.32 Å². The number of ether oxygens (including phenoxy) is 1. The van der Waals surface area contributed by atoms with Gasteiger partial charge in [-0.2, -0.15) is 13.2 Å². The summed E-state index contributed by atoms with van der Waals surface area (Å²) in [7, 11) is 1.52. The van der Waals surface area contributed by atoms with Gasteiger partial charge in [-0.15, -0.1) is 0 Å². The molecule has 6 heteroatoms. The lowest BCUT2D eigenvalue weighted by atomic mass is 10.1. The first-order chi connectivity index (χ1) is 7.92. The zero-order chi connectivity index (χ0) is 12.9. The Morgan fingerprint density at radius 2 is 2.06 bits per heavy atom. The van der Waals surface area contributed by atoms with E-state index in [0.717, 1.165) is 5.56 Å². The zero-order valence-electron chi connectivity index (χ0n) is 9.47. The van der Waals surface area contributed by atoms with Gasteiger partial charge in [0.2, 0.25) is 0 Å². The molecule has 17 heavy (non-hydrogen) atoms. The largest absolute Gasteiger partial charge is 0.497 e. The van der Waals surface area contributed by atoms with Crippen molar-refractivity contribution in [2.45, 2.75) is 19.1 Å². The summed E-state index contributed by atoms with van der Waals surface area (Å²) in [5.74, 6) is 0.626. The van der Waals surface area contributed by atoms with Gasteiger partial charge in [0.25, 0.3) is 0 Å². The summed E-state index contributed by atoms with van der Waals surface area (Å²) in [6.07, 6.45) is -4.97. The third kappa shape index (κ3) is 4.95. The standard InChI is InChI=1S/C11H15F3N2O/c1-17-9-3-2-8(10(15)6-9)7-16-5-4-11(12,13)14/h2-3,6,16H,4-5,7,15H2,1H3. The Morgan fingerprint density at radius 3 is 2.59 bits per heavy atom. The van der Waals surface area contributed by atoms with Crippen LogP contribution in [0.5, 0.6) is 5.75 Å². The van der Waals surface area contributed by atoms with Gasteiger partial charge in [0.15, 0.2) is 0 Å². The first-order valence-electron chi connectivity index (χ1n) is 5.12. The molecule has 0 amide bonds. The molecule has 1 rings (SSSR count). The second kappa shape index (κ2) is 5.77. The lowest BCUT2D eigenvalue weighted by molar-refractivity contribution is -0.133. The van der Waals surface area contributed by atoms with Crippen molar-refractivity contribution in [2.24, 2.45) is 0 Å². The third-order valence-electron chi connectivity index (χ3n) is 2.25. The lowest BCUT2D eigenvalue weighted by Crippen LogP contribution is -2.21. The molecule has 0 radical (unpaired) electrons. The number of nitrogens with one attached hydrogen (secondary N) is 1. The van der Waals surface area contributed by atoms with Crippen LogP contribution in [0.3, 0.4) is 0 Å². The van der Waals surface area contributed by atoms with Crippen molar-refractivity contribution in [2.75, 3.05) is 19.4 Å². The average molecular weight is 248 g/mol. The van der Waals surface area contributed by atoms with E-state index in [1.54, 1.807) is 18.2 Å². The van der Waals surface area contributed by atoms with Crippen molar-refractivity contribution in [3.63, 3.8) is 0 Å². The number of hydrogen-bond acceptors (Lipinski definition) is 3. The van der Waals surface area contributed by atoms with Crippen LogP contribution < -0.4 is 15.8 Å². The molecule has 0 saturated heterocycles. The molecule has 0 aliphatic heterocycles. The van der Waals surface area contributed by atoms with Crippen molar-refractivity contribution in [3.05, 3.63) is 23.8 Å². The highest BCUT2D eigenvalue weighted by Gasteiger charge is 2.25. The van der Waals surface area contributed by atoms with E-state index in [2.05, 4.69) is 5.32 Å². The van der Waals surface area contributed by atoms with E-state index in [1.807, 2.05) is 0 Å². The van der Waals surface area contributed by atoms with Crippen LogP contribution in [0, 0.1) is 0 Å². The van der Waals surface area contributed by atoms with Crippen molar-refractivity contribution < 1.29 is 17.9 Å². The Labute approximate surface area is 97.8 Å². The van der Waals surface area contributed by atoms with E-state index in [4.69, 9.17) is 10.5 Å². The molecule has 0 fully saturated rings. The molecule has 96 valence electrons. The fraction of sp³-hybridized carbons (Fsp3) is 0.455. The predicted octanol–water partition coefficient (Wildman–Crippen LogP) is 2.32. The van der Waals surface area contributed by atoms with Crippen LogP contribution in [-0.4, -0.2) is 19.8 Å². The van der Waals surface area contributed by atoms with E-state index in [1.165, 1.54) is 7.11 Å². The summed E-state index contributed by atoms with van der Waals surface area (Å²) < 4.78 is 40.6. The van der Waals surface area contributed by atoms with Crippen LogP contribution in [0.15, 0.2) is 18.2 Å². The number of nitrogen functional groups attached to an aromatic ring is 1. The number of hydrogen-bond donors (Lipinski definition) is 2. The molecule has 0 unspecified atom stereocenters. The van der Waals surface area contributed by atoms with Gasteiger partial charge in [-0.1, -0.05) is 6.07 Å². The molecular formula is C11H15F3N2O. The maximum absolute atomic E-state index is 11.9. The zero-order valence-corrected chi connectivity index (χ0v) is 9.47. The highest BCUT2D eigenvalue weighted by molar-refractivity contribution is 5.51. The molecule has 1 aromatic carbocycles. The minimum atomic E-state index is -4.13. The van der Waals surface area contributed by atoms with Crippen LogP contribution >= 0.6 is 0 Å². The molecule has 0 heterocycles. The summed E-state index contributed by atoms with van der Waals surface area (Å²) in [5.41, 5.74) is 6.98. The predicted molar refractivity (Wildman–Crippen MR) is 59.8 cm³/mol.